The van der Waals surface area contributed by atoms with Crippen molar-refractivity contribution in [1.29, 1.82) is 0 Å². The number of carbonyl (C=O) groups is 1. The number of rotatable bonds is 6. The van der Waals surface area contributed by atoms with Crippen molar-refractivity contribution in [3.63, 3.8) is 0 Å². The molecule has 0 saturated carbocycles. The van der Waals surface area contributed by atoms with Crippen LogP contribution in [0.5, 0.6) is 11.5 Å². The lowest BCUT2D eigenvalue weighted by molar-refractivity contribution is -0.131. The van der Waals surface area contributed by atoms with Gasteiger partial charge in [-0.3, -0.25) is 9.10 Å². The molecule has 0 aliphatic carbocycles. The summed E-state index contributed by atoms with van der Waals surface area (Å²) in [7, 11) is -2.96. The van der Waals surface area contributed by atoms with Crippen LogP contribution in [-0.2, 0) is 15.0 Å². The SMILES string of the molecule is CC(=O)Oc1ccc2c(c1)C(c1c[nH]c3c(O[Si](C)(C)C(C)(C)C)cccc13)N(S(=O)(=O)N(C)C)C=C2. The van der Waals surface area contributed by atoms with Gasteiger partial charge in [-0.25, -0.2) is 0 Å². The fraction of sp³-hybridized carbons (Fsp3) is 0.370. The van der Waals surface area contributed by atoms with Crippen molar-refractivity contribution in [1.82, 2.24) is 13.6 Å². The van der Waals surface area contributed by atoms with Gasteiger partial charge in [0.25, 0.3) is 8.32 Å². The number of para-hydroxylation sites is 1. The van der Waals surface area contributed by atoms with E-state index in [9.17, 15) is 13.2 Å². The lowest BCUT2D eigenvalue weighted by atomic mass is 9.92. The van der Waals surface area contributed by atoms with E-state index >= 15 is 0 Å². The third-order valence-corrected chi connectivity index (χ3v) is 13.3. The first kappa shape index (κ1) is 27.0. The number of fused-ring (bicyclic) bond motifs is 2. The molecule has 8 nitrogen and oxygen atoms in total. The molecule has 2 heterocycles. The standard InChI is InChI=1S/C27H35N3O5SSi/c1-18(31)34-20-13-12-19-14-15-30(36(32,33)29(5)6)26(22(19)16-20)23-17-28-25-21(23)10-9-11-24(25)35-37(7,8)27(2,3)4/h9-17,26,28H,1-8H3. The maximum absolute atomic E-state index is 13.5. The Morgan fingerprint density at radius 2 is 1.81 bits per heavy atom. The zero-order valence-corrected chi connectivity index (χ0v) is 24.4. The number of aromatic amines is 1. The molecule has 1 aliphatic heterocycles. The predicted octanol–water partition coefficient (Wildman–Crippen LogP) is 5.66. The van der Waals surface area contributed by atoms with Crippen LogP contribution in [-0.4, -0.2) is 50.4 Å². The Bertz CT molecular complexity index is 1490. The minimum absolute atomic E-state index is 0.0153. The number of H-pyrrole nitrogens is 1. The van der Waals surface area contributed by atoms with E-state index in [0.717, 1.165) is 27.8 Å². The van der Waals surface area contributed by atoms with Crippen LogP contribution in [0.1, 0.15) is 50.4 Å². The monoisotopic (exact) mass is 541 g/mol. The third kappa shape index (κ3) is 4.93. The van der Waals surface area contributed by atoms with Gasteiger partial charge in [0.15, 0.2) is 0 Å². The molecular formula is C27H35N3O5SSi. The predicted molar refractivity (Wildman–Crippen MR) is 149 cm³/mol. The summed E-state index contributed by atoms with van der Waals surface area (Å²) in [5.74, 6) is 0.660. The second-order valence-corrected chi connectivity index (χ2v) is 17.8. The van der Waals surface area contributed by atoms with Crippen LogP contribution >= 0.6 is 0 Å². The van der Waals surface area contributed by atoms with Crippen molar-refractivity contribution in [3.05, 3.63) is 65.5 Å². The van der Waals surface area contributed by atoms with E-state index in [-0.39, 0.29) is 5.04 Å². The van der Waals surface area contributed by atoms with Gasteiger partial charge >= 0.3 is 16.2 Å². The third-order valence-electron chi connectivity index (χ3n) is 7.17. The minimum atomic E-state index is -3.85. The van der Waals surface area contributed by atoms with Gasteiger partial charge in [0.2, 0.25) is 0 Å². The Hall–Kier alpha value is -3.08. The van der Waals surface area contributed by atoms with Gasteiger partial charge in [-0.1, -0.05) is 39.0 Å². The number of aromatic nitrogens is 1. The van der Waals surface area contributed by atoms with Gasteiger partial charge in [-0.2, -0.15) is 12.7 Å². The zero-order chi connectivity index (χ0) is 27.3. The molecule has 0 fully saturated rings. The number of esters is 1. The van der Waals surface area contributed by atoms with Gasteiger partial charge < -0.3 is 14.1 Å². The van der Waals surface area contributed by atoms with Crippen molar-refractivity contribution in [2.24, 2.45) is 0 Å². The van der Waals surface area contributed by atoms with Crippen molar-refractivity contribution >= 4 is 41.5 Å². The second-order valence-electron chi connectivity index (χ2n) is 11.0. The van der Waals surface area contributed by atoms with E-state index in [1.54, 1.807) is 24.4 Å². The lowest BCUT2D eigenvalue weighted by Crippen LogP contribution is -2.43. The minimum Gasteiger partial charge on any atom is -0.542 e. The second kappa shape index (κ2) is 9.34. The van der Waals surface area contributed by atoms with Gasteiger partial charge in [-0.05, 0) is 53.5 Å². The van der Waals surface area contributed by atoms with E-state index in [4.69, 9.17) is 9.16 Å². The van der Waals surface area contributed by atoms with E-state index in [1.165, 1.54) is 29.6 Å². The Morgan fingerprint density at radius 3 is 2.43 bits per heavy atom. The number of nitrogens with zero attached hydrogens (tertiary/aromatic N) is 2. The molecule has 1 aromatic heterocycles. The zero-order valence-electron chi connectivity index (χ0n) is 22.6. The van der Waals surface area contributed by atoms with Crippen LogP contribution in [0, 0.1) is 0 Å². The average molecular weight is 542 g/mol. The topological polar surface area (TPSA) is 91.9 Å². The summed E-state index contributed by atoms with van der Waals surface area (Å²) in [5.41, 5.74) is 3.14. The molecule has 4 rings (SSSR count). The lowest BCUT2D eigenvalue weighted by Gasteiger charge is -2.36. The Labute approximate surface area is 220 Å². The summed E-state index contributed by atoms with van der Waals surface area (Å²) in [6.45, 7) is 12.3. The fourth-order valence-electron chi connectivity index (χ4n) is 4.14. The molecule has 0 amide bonds. The summed E-state index contributed by atoms with van der Waals surface area (Å²) < 4.78 is 41.4. The number of carbonyl (C=O) groups excluding carboxylic acids is 1. The van der Waals surface area contributed by atoms with E-state index < -0.39 is 30.5 Å². The quantitative estimate of drug-likeness (QED) is 0.247. The normalized spacial score (nSPS) is 16.2. The van der Waals surface area contributed by atoms with Crippen LogP contribution in [0.15, 0.2) is 48.8 Å². The molecule has 0 saturated heterocycles. The van der Waals surface area contributed by atoms with Crippen LogP contribution < -0.4 is 9.16 Å². The summed E-state index contributed by atoms with van der Waals surface area (Å²) >= 11 is 0. The Balaban J connectivity index is 1.92. The van der Waals surface area contributed by atoms with Crippen molar-refractivity contribution < 1.29 is 22.4 Å². The molecule has 37 heavy (non-hydrogen) atoms. The molecule has 0 radical (unpaired) electrons. The summed E-state index contributed by atoms with van der Waals surface area (Å²) in [6, 6.07) is 10.4. The largest absolute Gasteiger partial charge is 0.542 e. The van der Waals surface area contributed by atoms with Crippen LogP contribution in [0.4, 0.5) is 0 Å². The summed E-state index contributed by atoms with van der Waals surface area (Å²) in [6.07, 6.45) is 5.18. The number of hydrogen-bond donors (Lipinski definition) is 1. The maximum atomic E-state index is 13.5. The molecule has 198 valence electrons. The molecule has 0 bridgehead atoms. The first-order valence-electron chi connectivity index (χ1n) is 12.1. The molecule has 3 aromatic rings. The van der Waals surface area contributed by atoms with E-state index in [1.807, 2.05) is 30.5 Å². The molecule has 1 N–H and O–H groups in total. The summed E-state index contributed by atoms with van der Waals surface area (Å²) in [4.78, 5) is 15.0. The van der Waals surface area contributed by atoms with Crippen LogP contribution in [0.25, 0.3) is 17.0 Å². The molecular weight excluding hydrogens is 506 g/mol. The highest BCUT2D eigenvalue weighted by atomic mass is 32.2. The Kier molecular flexibility index (Phi) is 6.81. The molecule has 1 unspecified atom stereocenters. The highest BCUT2D eigenvalue weighted by Gasteiger charge is 2.40. The first-order chi connectivity index (χ1) is 17.1. The molecule has 2 aromatic carbocycles. The van der Waals surface area contributed by atoms with Crippen LogP contribution in [0.2, 0.25) is 18.1 Å². The molecule has 10 heteroatoms. The highest BCUT2D eigenvalue weighted by molar-refractivity contribution is 7.86. The Morgan fingerprint density at radius 1 is 1.11 bits per heavy atom. The number of benzene rings is 2. The fourth-order valence-corrected chi connectivity index (χ4v) is 6.25. The summed E-state index contributed by atoms with van der Waals surface area (Å²) in [5, 5.41) is 0.876. The smallest absolute Gasteiger partial charge is 0.308 e. The van der Waals surface area contributed by atoms with Crippen molar-refractivity contribution in [2.75, 3.05) is 14.1 Å². The molecule has 1 atom stereocenters. The number of hydrogen-bond acceptors (Lipinski definition) is 5. The van der Waals surface area contributed by atoms with Crippen molar-refractivity contribution in [2.45, 2.75) is 51.9 Å². The molecule has 1 aliphatic rings. The maximum Gasteiger partial charge on any atom is 0.308 e. The number of nitrogens with one attached hydrogen (secondary N) is 1. The first-order valence-corrected chi connectivity index (χ1v) is 16.4. The average Bonchev–Trinajstić information content (AvgIpc) is 3.21. The van der Waals surface area contributed by atoms with Gasteiger partial charge in [0.05, 0.1) is 11.6 Å². The van der Waals surface area contributed by atoms with E-state index in [2.05, 4.69) is 38.8 Å². The molecule has 0 spiro atoms. The van der Waals surface area contributed by atoms with Gasteiger partial charge in [-0.15, -0.1) is 0 Å². The van der Waals surface area contributed by atoms with Crippen molar-refractivity contribution in [3.8, 4) is 11.5 Å². The number of ether oxygens (including phenoxy) is 1. The highest BCUT2D eigenvalue weighted by Crippen LogP contribution is 2.44. The van der Waals surface area contributed by atoms with E-state index in [0.29, 0.717) is 11.3 Å². The van der Waals surface area contributed by atoms with Gasteiger partial charge in [0, 0.05) is 44.4 Å². The van der Waals surface area contributed by atoms with Gasteiger partial charge in [0.1, 0.15) is 11.5 Å². The van der Waals surface area contributed by atoms with Crippen LogP contribution in [0.3, 0.4) is 0 Å².